The van der Waals surface area contributed by atoms with Gasteiger partial charge < -0.3 is 20.2 Å². The SMILES string of the molecule is C[C@@H]1CNCCN1C(=O)N(C)C.O=C(O)C(F)(F)F. The summed E-state index contributed by atoms with van der Waals surface area (Å²) in [5, 5.41) is 10.4. The van der Waals surface area contributed by atoms with Crippen LogP contribution in [-0.2, 0) is 4.79 Å². The number of rotatable bonds is 0. The molecule has 0 spiro atoms. The standard InChI is InChI=1S/C8H17N3O.C2HF3O2/c1-7-6-9-4-5-11(7)8(12)10(2)3;3-2(4,5)1(6)7/h7,9H,4-6H2,1-3H3;(H,6,7)/t7-;/m1./s1. The van der Waals surface area contributed by atoms with Gasteiger partial charge in [0.15, 0.2) is 0 Å². The molecule has 0 aromatic heterocycles. The van der Waals surface area contributed by atoms with Gasteiger partial charge in [-0.2, -0.15) is 13.2 Å². The average Bonchev–Trinajstić information content (AvgIpc) is 2.28. The van der Waals surface area contributed by atoms with E-state index in [1.165, 1.54) is 0 Å². The highest BCUT2D eigenvalue weighted by molar-refractivity contribution is 5.74. The highest BCUT2D eigenvalue weighted by atomic mass is 19.4. The van der Waals surface area contributed by atoms with Crippen molar-refractivity contribution in [1.29, 1.82) is 0 Å². The van der Waals surface area contributed by atoms with Gasteiger partial charge in [-0.15, -0.1) is 0 Å². The molecule has 1 fully saturated rings. The van der Waals surface area contributed by atoms with Crippen molar-refractivity contribution in [2.45, 2.75) is 19.1 Å². The minimum atomic E-state index is -5.08. The Morgan fingerprint density at radius 1 is 1.37 bits per heavy atom. The van der Waals surface area contributed by atoms with Crippen LogP contribution in [0.25, 0.3) is 0 Å². The molecule has 112 valence electrons. The Labute approximate surface area is 109 Å². The van der Waals surface area contributed by atoms with E-state index in [0.29, 0.717) is 6.04 Å². The number of urea groups is 1. The van der Waals surface area contributed by atoms with Gasteiger partial charge in [0.1, 0.15) is 0 Å². The number of hydrogen-bond donors (Lipinski definition) is 2. The number of alkyl halides is 3. The third-order valence-electron chi connectivity index (χ3n) is 2.37. The van der Waals surface area contributed by atoms with Crippen LogP contribution in [-0.4, -0.2) is 72.9 Å². The Bertz CT molecular complexity index is 321. The molecule has 0 aromatic rings. The smallest absolute Gasteiger partial charge is 0.475 e. The number of carboxylic acid groups (broad SMARTS) is 1. The topological polar surface area (TPSA) is 72.9 Å². The van der Waals surface area contributed by atoms with Crippen LogP contribution in [0.15, 0.2) is 0 Å². The van der Waals surface area contributed by atoms with Crippen molar-refractivity contribution in [3.63, 3.8) is 0 Å². The number of piperazine rings is 1. The zero-order valence-corrected chi connectivity index (χ0v) is 11.0. The van der Waals surface area contributed by atoms with Crippen molar-refractivity contribution < 1.29 is 27.9 Å². The molecule has 0 unspecified atom stereocenters. The fourth-order valence-electron chi connectivity index (χ4n) is 1.38. The number of nitrogens with one attached hydrogen (secondary N) is 1. The Kier molecular flexibility index (Phi) is 6.60. The quantitative estimate of drug-likeness (QED) is 0.683. The molecule has 2 amide bonds. The van der Waals surface area contributed by atoms with Gasteiger partial charge in [-0.3, -0.25) is 0 Å². The van der Waals surface area contributed by atoms with Crippen molar-refractivity contribution in [3.8, 4) is 0 Å². The molecule has 0 aromatic carbocycles. The fraction of sp³-hybridized carbons (Fsp3) is 0.800. The summed E-state index contributed by atoms with van der Waals surface area (Å²) in [7, 11) is 3.58. The molecule has 1 aliphatic rings. The van der Waals surface area contributed by atoms with Crippen LogP contribution in [0.4, 0.5) is 18.0 Å². The first kappa shape index (κ1) is 17.5. The Balaban J connectivity index is 0.000000399. The molecule has 1 rings (SSSR count). The van der Waals surface area contributed by atoms with E-state index in [-0.39, 0.29) is 6.03 Å². The number of amides is 2. The summed E-state index contributed by atoms with van der Waals surface area (Å²) < 4.78 is 31.7. The van der Waals surface area contributed by atoms with E-state index in [4.69, 9.17) is 9.90 Å². The second-order valence-electron chi connectivity index (χ2n) is 4.23. The number of carboxylic acids is 1. The third-order valence-corrected chi connectivity index (χ3v) is 2.37. The molecule has 1 aliphatic heterocycles. The number of carbonyl (C=O) groups excluding carboxylic acids is 1. The molecule has 0 aliphatic carbocycles. The van der Waals surface area contributed by atoms with Gasteiger partial charge in [0.25, 0.3) is 0 Å². The molecule has 0 radical (unpaired) electrons. The van der Waals surface area contributed by atoms with Crippen LogP contribution in [0.5, 0.6) is 0 Å². The van der Waals surface area contributed by atoms with Crippen molar-refractivity contribution in [2.75, 3.05) is 33.7 Å². The second-order valence-corrected chi connectivity index (χ2v) is 4.23. The zero-order chi connectivity index (χ0) is 15.2. The number of nitrogens with zero attached hydrogens (tertiary/aromatic N) is 2. The number of hydrogen-bond acceptors (Lipinski definition) is 3. The fourth-order valence-corrected chi connectivity index (χ4v) is 1.38. The summed E-state index contributed by atoms with van der Waals surface area (Å²) in [5.41, 5.74) is 0. The van der Waals surface area contributed by atoms with Gasteiger partial charge in [0.2, 0.25) is 0 Å². The summed E-state index contributed by atoms with van der Waals surface area (Å²) in [6, 6.07) is 0.428. The Morgan fingerprint density at radius 2 is 1.84 bits per heavy atom. The van der Waals surface area contributed by atoms with Crippen molar-refractivity contribution in [1.82, 2.24) is 15.1 Å². The molecule has 19 heavy (non-hydrogen) atoms. The maximum absolute atomic E-state index is 11.5. The molecule has 0 saturated carbocycles. The van der Waals surface area contributed by atoms with Gasteiger partial charge in [-0.25, -0.2) is 9.59 Å². The van der Waals surface area contributed by atoms with E-state index in [0.717, 1.165) is 19.6 Å². The van der Waals surface area contributed by atoms with Crippen LogP contribution < -0.4 is 5.32 Å². The highest BCUT2D eigenvalue weighted by Crippen LogP contribution is 2.13. The highest BCUT2D eigenvalue weighted by Gasteiger charge is 2.38. The lowest BCUT2D eigenvalue weighted by molar-refractivity contribution is -0.192. The summed E-state index contributed by atoms with van der Waals surface area (Å²) in [4.78, 5) is 24.0. The van der Waals surface area contributed by atoms with E-state index >= 15 is 0 Å². The first-order valence-corrected chi connectivity index (χ1v) is 5.56. The summed E-state index contributed by atoms with van der Waals surface area (Å²) in [5.74, 6) is -2.76. The lowest BCUT2D eigenvalue weighted by atomic mass is 10.2. The normalized spacial score (nSPS) is 19.3. The molecular weight excluding hydrogens is 267 g/mol. The number of halogens is 3. The monoisotopic (exact) mass is 285 g/mol. The first-order valence-electron chi connectivity index (χ1n) is 5.56. The van der Waals surface area contributed by atoms with E-state index in [9.17, 15) is 18.0 Å². The number of carbonyl (C=O) groups is 2. The van der Waals surface area contributed by atoms with Crippen molar-refractivity contribution in [2.24, 2.45) is 0 Å². The average molecular weight is 285 g/mol. The van der Waals surface area contributed by atoms with Gasteiger partial charge >= 0.3 is 18.2 Å². The van der Waals surface area contributed by atoms with Crippen LogP contribution in [0.1, 0.15) is 6.92 Å². The lowest BCUT2D eigenvalue weighted by Crippen LogP contribution is -2.54. The molecule has 2 N–H and O–H groups in total. The van der Waals surface area contributed by atoms with Crippen LogP contribution in [0.3, 0.4) is 0 Å². The Morgan fingerprint density at radius 3 is 2.16 bits per heavy atom. The van der Waals surface area contributed by atoms with Gasteiger partial charge in [-0.1, -0.05) is 0 Å². The molecule has 0 bridgehead atoms. The van der Waals surface area contributed by atoms with Crippen LogP contribution in [0, 0.1) is 0 Å². The molecule has 6 nitrogen and oxygen atoms in total. The van der Waals surface area contributed by atoms with Crippen molar-refractivity contribution >= 4 is 12.0 Å². The van der Waals surface area contributed by atoms with Crippen LogP contribution >= 0.6 is 0 Å². The van der Waals surface area contributed by atoms with Crippen molar-refractivity contribution in [3.05, 3.63) is 0 Å². The molecule has 9 heteroatoms. The minimum Gasteiger partial charge on any atom is -0.475 e. The maximum atomic E-state index is 11.5. The van der Waals surface area contributed by atoms with E-state index < -0.39 is 12.1 Å². The zero-order valence-electron chi connectivity index (χ0n) is 11.0. The van der Waals surface area contributed by atoms with Gasteiger partial charge in [0, 0.05) is 39.8 Å². The van der Waals surface area contributed by atoms with E-state index in [2.05, 4.69) is 12.2 Å². The molecule has 1 saturated heterocycles. The third kappa shape index (κ3) is 6.27. The Hall–Kier alpha value is -1.51. The molecule has 1 atom stereocenters. The van der Waals surface area contributed by atoms with Gasteiger partial charge in [0.05, 0.1) is 0 Å². The lowest BCUT2D eigenvalue weighted by Gasteiger charge is -2.35. The first-order chi connectivity index (χ1) is 8.57. The summed E-state index contributed by atoms with van der Waals surface area (Å²) >= 11 is 0. The van der Waals surface area contributed by atoms with E-state index in [1.807, 2.05) is 4.90 Å². The summed E-state index contributed by atoms with van der Waals surface area (Å²) in [6.07, 6.45) is -5.08. The molecule has 1 heterocycles. The minimum absolute atomic E-state index is 0.115. The number of aliphatic carboxylic acids is 1. The maximum Gasteiger partial charge on any atom is 0.490 e. The van der Waals surface area contributed by atoms with E-state index in [1.54, 1.807) is 19.0 Å². The largest absolute Gasteiger partial charge is 0.490 e. The predicted molar refractivity (Wildman–Crippen MR) is 61.8 cm³/mol. The predicted octanol–water partition coefficient (Wildman–Crippen LogP) is 0.595. The summed E-state index contributed by atoms with van der Waals surface area (Å²) in [6.45, 7) is 4.69. The van der Waals surface area contributed by atoms with Gasteiger partial charge in [-0.05, 0) is 6.92 Å². The molecular formula is C10H18F3N3O3. The second kappa shape index (κ2) is 7.17. The van der Waals surface area contributed by atoms with Crippen LogP contribution in [0.2, 0.25) is 0 Å².